The summed E-state index contributed by atoms with van der Waals surface area (Å²) in [5, 5.41) is 44.6. The molecule has 0 aromatic heterocycles. The molecular formula is C29H42O9. The Labute approximate surface area is 223 Å². The van der Waals surface area contributed by atoms with Gasteiger partial charge in [-0.15, -0.1) is 0 Å². The fourth-order valence-electron chi connectivity index (χ4n) is 9.76. The van der Waals surface area contributed by atoms with E-state index < -0.39 is 46.6 Å². The fourth-order valence-corrected chi connectivity index (χ4v) is 9.76. The molecular weight excluding hydrogens is 492 g/mol. The van der Waals surface area contributed by atoms with Crippen LogP contribution in [-0.2, 0) is 23.8 Å². The van der Waals surface area contributed by atoms with Crippen LogP contribution < -0.4 is 0 Å². The zero-order valence-electron chi connectivity index (χ0n) is 22.4. The highest BCUT2D eigenvalue weighted by molar-refractivity contribution is 5.85. The van der Waals surface area contributed by atoms with Crippen molar-refractivity contribution in [3.63, 3.8) is 0 Å². The molecule has 6 rings (SSSR count). The Hall–Kier alpha value is -1.36. The summed E-state index contributed by atoms with van der Waals surface area (Å²) in [5.74, 6) is -0.473. The van der Waals surface area contributed by atoms with Crippen molar-refractivity contribution in [2.75, 3.05) is 6.61 Å². The number of rotatable bonds is 4. The number of esters is 1. The predicted molar refractivity (Wildman–Crippen MR) is 133 cm³/mol. The van der Waals surface area contributed by atoms with E-state index in [4.69, 9.17) is 14.2 Å². The number of carbonyl (C=O) groups excluding carboxylic acids is 2. The minimum absolute atomic E-state index is 0.0729. The third-order valence-corrected chi connectivity index (χ3v) is 11.9. The van der Waals surface area contributed by atoms with Crippen LogP contribution in [-0.4, -0.2) is 81.2 Å². The predicted octanol–water partition coefficient (Wildman–Crippen LogP) is 1.78. The van der Waals surface area contributed by atoms with Crippen molar-refractivity contribution in [1.82, 2.24) is 0 Å². The van der Waals surface area contributed by atoms with E-state index in [0.717, 1.165) is 31.1 Å². The van der Waals surface area contributed by atoms with E-state index in [1.165, 1.54) is 0 Å². The smallest absolute Gasteiger partial charge is 0.331 e. The number of cyclic esters (lactones) is 1. The molecule has 2 aliphatic heterocycles. The lowest BCUT2D eigenvalue weighted by atomic mass is 9.41. The van der Waals surface area contributed by atoms with Crippen molar-refractivity contribution in [3.05, 3.63) is 11.6 Å². The normalized spacial score (nSPS) is 54.4. The van der Waals surface area contributed by atoms with Gasteiger partial charge in [0.25, 0.3) is 0 Å². The molecule has 0 bridgehead atoms. The summed E-state index contributed by atoms with van der Waals surface area (Å²) in [5.41, 5.74) is -2.60. The molecule has 0 unspecified atom stereocenters. The molecule has 1 saturated heterocycles. The molecule has 0 spiro atoms. The molecule has 6 aliphatic rings. The highest BCUT2D eigenvalue weighted by atomic mass is 16.7. The van der Waals surface area contributed by atoms with Crippen LogP contribution in [0.4, 0.5) is 0 Å². The highest BCUT2D eigenvalue weighted by Crippen LogP contribution is 2.70. The molecule has 0 amide bonds. The second-order valence-electron chi connectivity index (χ2n) is 13.3. The lowest BCUT2D eigenvalue weighted by molar-refractivity contribution is -0.286. The van der Waals surface area contributed by atoms with Crippen LogP contribution in [0.2, 0.25) is 0 Å². The van der Waals surface area contributed by atoms with Crippen molar-refractivity contribution in [2.24, 2.45) is 28.6 Å². The van der Waals surface area contributed by atoms with E-state index >= 15 is 0 Å². The van der Waals surface area contributed by atoms with Crippen molar-refractivity contribution in [2.45, 2.75) is 120 Å². The molecule has 4 saturated carbocycles. The molecule has 212 valence electrons. The lowest BCUT2D eigenvalue weighted by Gasteiger charge is -2.65. The standard InChI is InChI=1S/C29H42O9/c1-16-25(33)22(31)12-24(37-16)38-18-3-8-27(15-30)20-4-7-26(2)19(17-11-23(32)36-14-17)6-10-29(26,35)21(20)5-9-28(27,34)13-18/h11,15-16,18-22,24-25,31,33-35H,3-10,12-14H2,1-2H3/t16-,18+,19-,20-,21+,22-,24+,25-,26+,27-,28-,29-/m0/s1. The van der Waals surface area contributed by atoms with Crippen molar-refractivity contribution < 1.29 is 44.2 Å². The Morgan fingerprint density at radius 3 is 2.50 bits per heavy atom. The van der Waals surface area contributed by atoms with Crippen LogP contribution in [0.5, 0.6) is 0 Å². The number of ether oxygens (including phenoxy) is 3. The molecule has 2 heterocycles. The minimum atomic E-state index is -1.24. The molecule has 4 aliphatic carbocycles. The summed E-state index contributed by atoms with van der Waals surface area (Å²) >= 11 is 0. The Bertz CT molecular complexity index is 1000. The minimum Gasteiger partial charge on any atom is -0.458 e. The van der Waals surface area contributed by atoms with Crippen LogP contribution >= 0.6 is 0 Å². The van der Waals surface area contributed by atoms with Crippen LogP contribution in [0.25, 0.3) is 0 Å². The molecule has 0 radical (unpaired) electrons. The van der Waals surface area contributed by atoms with Gasteiger partial charge in [-0.3, -0.25) is 0 Å². The van der Waals surface area contributed by atoms with Gasteiger partial charge in [0, 0.05) is 24.3 Å². The Balaban J connectivity index is 1.22. The van der Waals surface area contributed by atoms with E-state index in [1.54, 1.807) is 13.0 Å². The van der Waals surface area contributed by atoms with Gasteiger partial charge in [0.1, 0.15) is 19.0 Å². The summed E-state index contributed by atoms with van der Waals surface area (Å²) in [6.07, 6.45) is 4.50. The van der Waals surface area contributed by atoms with E-state index in [0.29, 0.717) is 45.1 Å². The third kappa shape index (κ3) is 3.65. The van der Waals surface area contributed by atoms with Crippen LogP contribution in [0, 0.1) is 28.6 Å². The molecule has 9 heteroatoms. The molecule has 0 aromatic carbocycles. The third-order valence-electron chi connectivity index (χ3n) is 11.9. The first kappa shape index (κ1) is 26.8. The van der Waals surface area contributed by atoms with Crippen molar-refractivity contribution in [3.8, 4) is 0 Å². The SMILES string of the molecule is C[C@@H]1O[C@H](O[C@@H]2CC[C@]3(C=O)[C@H]4CC[C@]5(C)[C@H](C6=CC(=O)OC6)CC[C@]5(O)[C@@H]4CC[C@]3(O)C2)C[C@H](O)[C@H]1O. The van der Waals surface area contributed by atoms with Crippen LogP contribution in [0.1, 0.15) is 78.1 Å². The average molecular weight is 535 g/mol. The Kier molecular flexibility index (Phi) is 6.41. The van der Waals surface area contributed by atoms with Gasteiger partial charge in [0.2, 0.25) is 0 Å². The number of aldehydes is 1. The Morgan fingerprint density at radius 2 is 1.82 bits per heavy atom. The number of hydrogen-bond acceptors (Lipinski definition) is 9. The van der Waals surface area contributed by atoms with Gasteiger partial charge in [0.05, 0.1) is 34.9 Å². The number of aliphatic hydroxyl groups excluding tert-OH is 2. The Morgan fingerprint density at radius 1 is 1.05 bits per heavy atom. The van der Waals surface area contributed by atoms with Crippen LogP contribution in [0.3, 0.4) is 0 Å². The summed E-state index contributed by atoms with van der Waals surface area (Å²) in [7, 11) is 0. The van der Waals surface area contributed by atoms with Gasteiger partial charge in [0.15, 0.2) is 6.29 Å². The topological polar surface area (TPSA) is 143 Å². The first-order valence-electron chi connectivity index (χ1n) is 14.4. The molecule has 38 heavy (non-hydrogen) atoms. The molecule has 5 fully saturated rings. The average Bonchev–Trinajstić information content (AvgIpc) is 3.41. The second-order valence-corrected chi connectivity index (χ2v) is 13.3. The first-order valence-corrected chi connectivity index (χ1v) is 14.4. The number of fused-ring (bicyclic) bond motifs is 5. The maximum atomic E-state index is 12.9. The molecule has 12 atom stereocenters. The number of aliphatic hydroxyl groups is 4. The van der Waals surface area contributed by atoms with Crippen LogP contribution in [0.15, 0.2) is 11.6 Å². The van der Waals surface area contributed by atoms with Crippen molar-refractivity contribution >= 4 is 12.3 Å². The van der Waals surface area contributed by atoms with Gasteiger partial charge in [-0.1, -0.05) is 6.92 Å². The molecule has 4 N–H and O–H groups in total. The lowest BCUT2D eigenvalue weighted by Crippen LogP contribution is -2.69. The maximum Gasteiger partial charge on any atom is 0.331 e. The zero-order valence-corrected chi connectivity index (χ0v) is 22.4. The molecule has 0 aromatic rings. The van der Waals surface area contributed by atoms with Gasteiger partial charge < -0.3 is 39.4 Å². The monoisotopic (exact) mass is 534 g/mol. The first-order chi connectivity index (χ1) is 18.0. The summed E-state index contributed by atoms with van der Waals surface area (Å²) in [6.45, 7) is 4.13. The van der Waals surface area contributed by atoms with Crippen molar-refractivity contribution in [1.29, 1.82) is 0 Å². The fraction of sp³-hybridized carbons (Fsp3) is 0.862. The van der Waals surface area contributed by atoms with E-state index in [1.807, 2.05) is 0 Å². The number of carbonyl (C=O) groups is 2. The highest BCUT2D eigenvalue weighted by Gasteiger charge is 2.71. The quantitative estimate of drug-likeness (QED) is 0.241. The largest absolute Gasteiger partial charge is 0.458 e. The van der Waals surface area contributed by atoms with Gasteiger partial charge in [-0.05, 0) is 81.6 Å². The van der Waals surface area contributed by atoms with Gasteiger partial charge in [-0.2, -0.15) is 0 Å². The number of hydrogen-bond donors (Lipinski definition) is 4. The second kappa shape index (κ2) is 9.08. The van der Waals surface area contributed by atoms with E-state index in [-0.39, 0.29) is 36.2 Å². The zero-order chi connectivity index (χ0) is 27.1. The summed E-state index contributed by atoms with van der Waals surface area (Å²) in [4.78, 5) is 24.7. The van der Waals surface area contributed by atoms with Gasteiger partial charge >= 0.3 is 5.97 Å². The maximum absolute atomic E-state index is 12.9. The molecule has 9 nitrogen and oxygen atoms in total. The summed E-state index contributed by atoms with van der Waals surface area (Å²) in [6, 6.07) is 0. The van der Waals surface area contributed by atoms with E-state index in [9.17, 15) is 30.0 Å². The summed E-state index contributed by atoms with van der Waals surface area (Å²) < 4.78 is 17.1. The van der Waals surface area contributed by atoms with E-state index in [2.05, 4.69) is 6.92 Å². The van der Waals surface area contributed by atoms with Gasteiger partial charge in [-0.25, -0.2) is 4.79 Å².